The number of nitrogen functional groups attached to an aromatic ring is 1. The summed E-state index contributed by atoms with van der Waals surface area (Å²) in [6, 6.07) is 3.12. The fourth-order valence-corrected chi connectivity index (χ4v) is 2.86. The largest absolute Gasteiger partial charge is 0.399 e. The molecule has 1 amide bonds. The van der Waals surface area contributed by atoms with Crippen molar-refractivity contribution in [1.29, 1.82) is 0 Å². The van der Waals surface area contributed by atoms with Crippen molar-refractivity contribution in [3.8, 4) is 0 Å². The normalized spacial score (nSPS) is 11.4. The van der Waals surface area contributed by atoms with Gasteiger partial charge < -0.3 is 11.1 Å². The highest BCUT2D eigenvalue weighted by Gasteiger charge is 2.14. The van der Waals surface area contributed by atoms with E-state index in [0.29, 0.717) is 27.8 Å². The van der Waals surface area contributed by atoms with E-state index >= 15 is 0 Å². The Hall–Kier alpha value is -0.580. The van der Waals surface area contributed by atoms with E-state index in [1.165, 1.54) is 0 Å². The number of rotatable bonds is 4. The average molecular weight is 321 g/mol. The van der Waals surface area contributed by atoms with Gasteiger partial charge >= 0.3 is 0 Å². The van der Waals surface area contributed by atoms with Crippen molar-refractivity contribution < 1.29 is 4.79 Å². The first kappa shape index (κ1) is 16.5. The number of thioether (sulfide) groups is 1. The van der Waals surface area contributed by atoms with Crippen LogP contribution >= 0.6 is 35.0 Å². The molecule has 106 valence electrons. The van der Waals surface area contributed by atoms with Crippen LogP contribution in [0.2, 0.25) is 10.0 Å². The van der Waals surface area contributed by atoms with Crippen LogP contribution in [0.1, 0.15) is 27.2 Å². The maximum Gasteiger partial charge on any atom is 0.225 e. The van der Waals surface area contributed by atoms with E-state index < -0.39 is 0 Å². The van der Waals surface area contributed by atoms with Gasteiger partial charge in [-0.3, -0.25) is 4.79 Å². The van der Waals surface area contributed by atoms with Crippen LogP contribution in [0, 0.1) is 0 Å². The Kier molecular flexibility index (Phi) is 5.83. The third-order valence-corrected chi connectivity index (χ3v) is 4.06. The number of carbonyl (C=O) groups excluding carboxylic acids is 1. The van der Waals surface area contributed by atoms with Crippen molar-refractivity contribution in [2.45, 2.75) is 31.9 Å². The van der Waals surface area contributed by atoms with Crippen molar-refractivity contribution in [3.63, 3.8) is 0 Å². The zero-order chi connectivity index (χ0) is 14.6. The second kappa shape index (κ2) is 6.73. The molecule has 0 unspecified atom stereocenters. The fourth-order valence-electron chi connectivity index (χ4n) is 1.36. The molecule has 3 nitrogen and oxygen atoms in total. The van der Waals surface area contributed by atoms with E-state index in [2.05, 4.69) is 26.1 Å². The first-order chi connectivity index (χ1) is 8.69. The SMILES string of the molecule is CC(C)(C)SCCC(=O)Nc1c(Cl)cc(N)cc1Cl. The van der Waals surface area contributed by atoms with Gasteiger partial charge in [-0.25, -0.2) is 0 Å². The number of hydrogen-bond donors (Lipinski definition) is 2. The minimum absolute atomic E-state index is 0.106. The summed E-state index contributed by atoms with van der Waals surface area (Å²) in [6.45, 7) is 6.34. The molecule has 1 aromatic carbocycles. The Bertz CT molecular complexity index is 449. The van der Waals surface area contributed by atoms with Crippen LogP contribution < -0.4 is 11.1 Å². The molecule has 6 heteroatoms. The third kappa shape index (κ3) is 5.93. The molecule has 0 spiro atoms. The molecule has 0 aliphatic heterocycles. The van der Waals surface area contributed by atoms with Gasteiger partial charge in [0.1, 0.15) is 0 Å². The Labute approximate surface area is 128 Å². The van der Waals surface area contributed by atoms with Crippen molar-refractivity contribution in [1.82, 2.24) is 0 Å². The molecule has 19 heavy (non-hydrogen) atoms. The topological polar surface area (TPSA) is 55.1 Å². The number of nitrogens with two attached hydrogens (primary N) is 1. The summed E-state index contributed by atoms with van der Waals surface area (Å²) in [5, 5.41) is 3.42. The van der Waals surface area contributed by atoms with Gasteiger partial charge in [-0.05, 0) is 12.1 Å². The van der Waals surface area contributed by atoms with Gasteiger partial charge in [0.2, 0.25) is 5.91 Å². The zero-order valence-electron chi connectivity index (χ0n) is 11.2. The monoisotopic (exact) mass is 320 g/mol. The molecule has 0 aromatic heterocycles. The van der Waals surface area contributed by atoms with E-state index in [4.69, 9.17) is 28.9 Å². The van der Waals surface area contributed by atoms with Crippen LogP contribution in [0.4, 0.5) is 11.4 Å². The summed E-state index contributed by atoms with van der Waals surface area (Å²) in [6.07, 6.45) is 0.416. The van der Waals surface area contributed by atoms with Crippen LogP contribution in [0.25, 0.3) is 0 Å². The molecule has 1 aromatic rings. The average Bonchev–Trinajstić information content (AvgIpc) is 2.21. The maximum absolute atomic E-state index is 11.8. The minimum atomic E-state index is -0.106. The Morgan fingerprint density at radius 1 is 1.32 bits per heavy atom. The van der Waals surface area contributed by atoms with Crippen molar-refractivity contribution in [3.05, 3.63) is 22.2 Å². The lowest BCUT2D eigenvalue weighted by molar-refractivity contribution is -0.115. The molecule has 0 aliphatic carbocycles. The van der Waals surface area contributed by atoms with Crippen molar-refractivity contribution in [2.75, 3.05) is 16.8 Å². The Balaban J connectivity index is 2.58. The summed E-state index contributed by atoms with van der Waals surface area (Å²) in [7, 11) is 0. The molecular formula is C13H18Cl2N2OS. The summed E-state index contributed by atoms with van der Waals surface area (Å²) < 4.78 is 0.150. The van der Waals surface area contributed by atoms with Gasteiger partial charge in [0.25, 0.3) is 0 Å². The number of anilines is 2. The van der Waals surface area contributed by atoms with E-state index in [0.717, 1.165) is 5.75 Å². The number of carbonyl (C=O) groups is 1. The van der Waals surface area contributed by atoms with Gasteiger partial charge in [-0.2, -0.15) is 11.8 Å². The van der Waals surface area contributed by atoms with Crippen molar-refractivity contribution in [2.24, 2.45) is 0 Å². The van der Waals surface area contributed by atoms with Crippen LogP contribution in [0.5, 0.6) is 0 Å². The summed E-state index contributed by atoms with van der Waals surface area (Å²) in [5.41, 5.74) is 6.49. The predicted octanol–water partition coefficient (Wildman–Crippen LogP) is 4.44. The van der Waals surface area contributed by atoms with E-state index in [1.807, 2.05) is 0 Å². The first-order valence-electron chi connectivity index (χ1n) is 5.87. The first-order valence-corrected chi connectivity index (χ1v) is 7.61. The minimum Gasteiger partial charge on any atom is -0.399 e. The molecule has 0 atom stereocenters. The lowest BCUT2D eigenvalue weighted by Crippen LogP contribution is -2.15. The van der Waals surface area contributed by atoms with E-state index in [-0.39, 0.29) is 10.7 Å². The van der Waals surface area contributed by atoms with Gasteiger partial charge in [0, 0.05) is 22.6 Å². The number of nitrogens with one attached hydrogen (secondary N) is 1. The quantitative estimate of drug-likeness (QED) is 0.806. The second-order valence-electron chi connectivity index (χ2n) is 5.12. The molecule has 0 saturated heterocycles. The number of hydrogen-bond acceptors (Lipinski definition) is 3. The molecule has 0 saturated carbocycles. The molecule has 0 heterocycles. The second-order valence-corrected chi connectivity index (χ2v) is 7.85. The summed E-state index contributed by atoms with van der Waals surface area (Å²) in [5.74, 6) is 0.643. The fraction of sp³-hybridized carbons (Fsp3) is 0.462. The molecule has 3 N–H and O–H groups in total. The smallest absolute Gasteiger partial charge is 0.225 e. The molecule has 0 aliphatic rings. The summed E-state index contributed by atoms with van der Waals surface area (Å²) in [4.78, 5) is 11.8. The van der Waals surface area contributed by atoms with Crippen LogP contribution in [0.15, 0.2) is 12.1 Å². The van der Waals surface area contributed by atoms with Crippen LogP contribution in [-0.4, -0.2) is 16.4 Å². The van der Waals surface area contributed by atoms with Gasteiger partial charge in [0.05, 0.1) is 15.7 Å². The lowest BCUT2D eigenvalue weighted by atomic mass is 10.2. The molecule has 0 bridgehead atoms. The number of halogens is 2. The van der Waals surface area contributed by atoms with Crippen LogP contribution in [0.3, 0.4) is 0 Å². The van der Waals surface area contributed by atoms with Gasteiger partial charge in [0.15, 0.2) is 0 Å². The zero-order valence-corrected chi connectivity index (χ0v) is 13.5. The number of benzene rings is 1. The van der Waals surface area contributed by atoms with Crippen LogP contribution in [-0.2, 0) is 4.79 Å². The Morgan fingerprint density at radius 3 is 2.32 bits per heavy atom. The van der Waals surface area contributed by atoms with Gasteiger partial charge in [-0.1, -0.05) is 44.0 Å². The molecule has 1 rings (SSSR count). The lowest BCUT2D eigenvalue weighted by Gasteiger charge is -2.17. The van der Waals surface area contributed by atoms with Gasteiger partial charge in [-0.15, -0.1) is 0 Å². The maximum atomic E-state index is 11.8. The number of amides is 1. The van der Waals surface area contributed by atoms with Crippen molar-refractivity contribution >= 4 is 52.2 Å². The predicted molar refractivity (Wildman–Crippen MR) is 86.3 cm³/mol. The Morgan fingerprint density at radius 2 is 1.84 bits per heavy atom. The third-order valence-electron chi connectivity index (χ3n) is 2.19. The molecular weight excluding hydrogens is 303 g/mol. The molecule has 0 fully saturated rings. The summed E-state index contributed by atoms with van der Waals surface area (Å²) >= 11 is 13.7. The highest BCUT2D eigenvalue weighted by atomic mass is 35.5. The molecule has 0 radical (unpaired) electrons. The van der Waals surface area contributed by atoms with E-state index in [9.17, 15) is 4.79 Å². The van der Waals surface area contributed by atoms with E-state index in [1.54, 1.807) is 23.9 Å². The highest BCUT2D eigenvalue weighted by Crippen LogP contribution is 2.33. The standard InChI is InChI=1S/C13H18Cl2N2OS/c1-13(2,3)19-5-4-11(18)17-12-9(14)6-8(16)7-10(12)15/h6-7H,4-5,16H2,1-3H3,(H,17,18). The highest BCUT2D eigenvalue weighted by molar-refractivity contribution is 8.00.